The summed E-state index contributed by atoms with van der Waals surface area (Å²) in [5, 5.41) is 17.3. The molecule has 1 amide bonds. The number of amides is 1. The molecule has 3 heterocycles. The van der Waals surface area contributed by atoms with Crippen LogP contribution in [-0.2, 0) is 4.79 Å². The van der Waals surface area contributed by atoms with Gasteiger partial charge in [0.1, 0.15) is 0 Å². The van der Waals surface area contributed by atoms with Crippen molar-refractivity contribution in [2.45, 2.75) is 70.9 Å². The SMILES string of the molecule is CC1CCC(CNC(=O)C2CC(CNC3=NCCN3)CC(C3CCNC(C)C3)C2)CN1. The Morgan fingerprint density at radius 1 is 0.935 bits per heavy atom. The van der Waals surface area contributed by atoms with Crippen LogP contribution < -0.4 is 26.6 Å². The van der Waals surface area contributed by atoms with Crippen LogP contribution in [0.15, 0.2) is 4.99 Å². The van der Waals surface area contributed by atoms with Crippen LogP contribution in [0.25, 0.3) is 0 Å². The standard InChI is InChI=1S/C24H44N6O/c1-16-3-4-18(13-28-16)14-29-23(31)22-11-19(15-30-24-26-7-8-27-24)10-21(12-22)20-5-6-25-17(2)9-20/h16-22,25,28H,3-15H2,1-2H3,(H,29,31)(H2,26,27,30). The highest BCUT2D eigenvalue weighted by molar-refractivity contribution is 5.81. The molecule has 0 aromatic rings. The summed E-state index contributed by atoms with van der Waals surface area (Å²) in [6.07, 6.45) is 8.25. The normalized spacial score (nSPS) is 38.8. The number of nitrogens with zero attached hydrogens (tertiary/aromatic N) is 1. The van der Waals surface area contributed by atoms with Crippen LogP contribution in [-0.4, -0.2) is 63.2 Å². The second kappa shape index (κ2) is 11.0. The van der Waals surface area contributed by atoms with E-state index >= 15 is 0 Å². The molecule has 1 saturated carbocycles. The molecule has 176 valence electrons. The van der Waals surface area contributed by atoms with Crippen molar-refractivity contribution in [2.75, 3.05) is 39.3 Å². The van der Waals surface area contributed by atoms with E-state index in [1.54, 1.807) is 0 Å². The Kier molecular flexibility index (Phi) is 8.10. The fraction of sp³-hybridized carbons (Fsp3) is 0.917. The molecule has 0 spiro atoms. The van der Waals surface area contributed by atoms with E-state index in [2.05, 4.69) is 45.4 Å². The maximum absolute atomic E-state index is 13.2. The molecule has 2 saturated heterocycles. The largest absolute Gasteiger partial charge is 0.356 e. The quantitative estimate of drug-likeness (QED) is 0.439. The van der Waals surface area contributed by atoms with Crippen LogP contribution in [0.2, 0.25) is 0 Å². The van der Waals surface area contributed by atoms with Crippen LogP contribution in [0, 0.1) is 29.6 Å². The first-order chi connectivity index (χ1) is 15.1. The molecular weight excluding hydrogens is 388 g/mol. The molecule has 7 nitrogen and oxygen atoms in total. The molecule has 7 atom stereocenters. The van der Waals surface area contributed by atoms with Gasteiger partial charge >= 0.3 is 0 Å². The molecule has 3 fully saturated rings. The zero-order chi connectivity index (χ0) is 21.6. The Morgan fingerprint density at radius 2 is 1.84 bits per heavy atom. The minimum absolute atomic E-state index is 0.157. The molecule has 31 heavy (non-hydrogen) atoms. The van der Waals surface area contributed by atoms with Gasteiger partial charge in [-0.05, 0) is 95.6 Å². The zero-order valence-corrected chi connectivity index (χ0v) is 19.6. The summed E-state index contributed by atoms with van der Waals surface area (Å²) in [6, 6.07) is 1.22. The zero-order valence-electron chi connectivity index (χ0n) is 19.6. The Labute approximate surface area is 188 Å². The van der Waals surface area contributed by atoms with Crippen molar-refractivity contribution >= 4 is 11.9 Å². The summed E-state index contributed by atoms with van der Waals surface area (Å²) in [6.45, 7) is 10.3. The highest BCUT2D eigenvalue weighted by Gasteiger charge is 2.37. The van der Waals surface area contributed by atoms with E-state index in [1.807, 2.05) is 0 Å². The average molecular weight is 433 g/mol. The second-order valence-corrected chi connectivity index (χ2v) is 10.7. The number of hydrogen-bond acceptors (Lipinski definition) is 6. The van der Waals surface area contributed by atoms with Crippen molar-refractivity contribution in [1.82, 2.24) is 26.6 Å². The molecular formula is C24H44N6O. The first-order valence-corrected chi connectivity index (χ1v) is 12.8. The van der Waals surface area contributed by atoms with Crippen LogP contribution in [0.5, 0.6) is 0 Å². The molecule has 1 aliphatic carbocycles. The van der Waals surface area contributed by atoms with Gasteiger partial charge in [0.05, 0.1) is 6.54 Å². The van der Waals surface area contributed by atoms with E-state index in [1.165, 1.54) is 32.1 Å². The number of piperidine rings is 2. The van der Waals surface area contributed by atoms with Gasteiger partial charge in [-0.1, -0.05) is 0 Å². The molecule has 7 heteroatoms. The van der Waals surface area contributed by atoms with Crippen molar-refractivity contribution in [1.29, 1.82) is 0 Å². The van der Waals surface area contributed by atoms with Gasteiger partial charge in [-0.3, -0.25) is 9.79 Å². The van der Waals surface area contributed by atoms with Gasteiger partial charge in [-0.25, -0.2) is 0 Å². The van der Waals surface area contributed by atoms with Crippen molar-refractivity contribution in [3.63, 3.8) is 0 Å². The van der Waals surface area contributed by atoms with Crippen LogP contribution in [0.3, 0.4) is 0 Å². The van der Waals surface area contributed by atoms with E-state index in [4.69, 9.17) is 0 Å². The minimum atomic E-state index is 0.157. The Hall–Kier alpha value is -1.34. The van der Waals surface area contributed by atoms with E-state index in [9.17, 15) is 4.79 Å². The van der Waals surface area contributed by atoms with Crippen molar-refractivity contribution in [3.8, 4) is 0 Å². The monoisotopic (exact) mass is 432 g/mol. The number of carbonyl (C=O) groups is 1. The maximum atomic E-state index is 13.2. The molecule has 0 aromatic carbocycles. The summed E-state index contributed by atoms with van der Waals surface area (Å²) >= 11 is 0. The molecule has 3 aliphatic heterocycles. The Morgan fingerprint density at radius 3 is 2.58 bits per heavy atom. The molecule has 0 bridgehead atoms. The predicted molar refractivity (Wildman–Crippen MR) is 126 cm³/mol. The average Bonchev–Trinajstić information content (AvgIpc) is 3.31. The van der Waals surface area contributed by atoms with E-state index in [0.29, 0.717) is 35.7 Å². The summed E-state index contributed by atoms with van der Waals surface area (Å²) < 4.78 is 0. The number of rotatable bonds is 6. The topological polar surface area (TPSA) is 89.6 Å². The Balaban J connectivity index is 1.33. The first-order valence-electron chi connectivity index (χ1n) is 12.8. The Bertz CT molecular complexity index is 617. The van der Waals surface area contributed by atoms with Crippen molar-refractivity contribution in [3.05, 3.63) is 0 Å². The van der Waals surface area contributed by atoms with Gasteiger partial charge in [-0.2, -0.15) is 0 Å². The van der Waals surface area contributed by atoms with Gasteiger partial charge < -0.3 is 26.6 Å². The summed E-state index contributed by atoms with van der Waals surface area (Å²) in [7, 11) is 0. The fourth-order valence-electron chi connectivity index (χ4n) is 6.23. The van der Waals surface area contributed by atoms with Gasteiger partial charge in [0.15, 0.2) is 5.96 Å². The lowest BCUT2D eigenvalue weighted by molar-refractivity contribution is -0.127. The molecule has 0 aromatic heterocycles. The lowest BCUT2D eigenvalue weighted by Gasteiger charge is -2.41. The smallest absolute Gasteiger partial charge is 0.223 e. The number of carbonyl (C=O) groups excluding carboxylic acids is 1. The van der Waals surface area contributed by atoms with Crippen LogP contribution in [0.4, 0.5) is 0 Å². The molecule has 4 aliphatic rings. The number of aliphatic imine (C=N–C) groups is 1. The van der Waals surface area contributed by atoms with Crippen LogP contribution >= 0.6 is 0 Å². The first kappa shape index (κ1) is 22.8. The summed E-state index contributed by atoms with van der Waals surface area (Å²) in [4.78, 5) is 17.7. The summed E-state index contributed by atoms with van der Waals surface area (Å²) in [5.41, 5.74) is 0. The number of guanidine groups is 1. The van der Waals surface area contributed by atoms with Gasteiger partial charge in [0.2, 0.25) is 5.91 Å². The second-order valence-electron chi connectivity index (χ2n) is 10.7. The minimum Gasteiger partial charge on any atom is -0.356 e. The molecule has 4 rings (SSSR count). The van der Waals surface area contributed by atoms with Crippen LogP contribution in [0.1, 0.15) is 58.8 Å². The molecule has 7 unspecified atom stereocenters. The van der Waals surface area contributed by atoms with E-state index in [-0.39, 0.29) is 5.92 Å². The van der Waals surface area contributed by atoms with E-state index < -0.39 is 0 Å². The lowest BCUT2D eigenvalue weighted by atomic mass is 9.67. The highest BCUT2D eigenvalue weighted by atomic mass is 16.1. The molecule has 0 radical (unpaired) electrons. The van der Waals surface area contributed by atoms with Gasteiger partial charge in [0, 0.05) is 37.6 Å². The fourth-order valence-corrected chi connectivity index (χ4v) is 6.23. The van der Waals surface area contributed by atoms with Gasteiger partial charge in [0.25, 0.3) is 0 Å². The van der Waals surface area contributed by atoms with Crippen molar-refractivity contribution in [2.24, 2.45) is 34.6 Å². The summed E-state index contributed by atoms with van der Waals surface area (Å²) in [5.74, 6) is 3.93. The number of hydrogen-bond donors (Lipinski definition) is 5. The maximum Gasteiger partial charge on any atom is 0.223 e. The third-order valence-corrected chi connectivity index (χ3v) is 8.10. The lowest BCUT2D eigenvalue weighted by Crippen LogP contribution is -2.46. The molecule has 5 N–H and O–H groups in total. The van der Waals surface area contributed by atoms with Crippen molar-refractivity contribution < 1.29 is 4.79 Å². The third kappa shape index (κ3) is 6.58. The number of nitrogens with one attached hydrogen (secondary N) is 5. The highest BCUT2D eigenvalue weighted by Crippen LogP contribution is 2.41. The van der Waals surface area contributed by atoms with E-state index in [0.717, 1.165) is 64.0 Å². The van der Waals surface area contributed by atoms with Gasteiger partial charge in [-0.15, -0.1) is 0 Å². The predicted octanol–water partition coefficient (Wildman–Crippen LogP) is 1.46. The third-order valence-electron chi connectivity index (χ3n) is 8.10.